The summed E-state index contributed by atoms with van der Waals surface area (Å²) in [4.78, 5) is 4.46. The van der Waals surface area contributed by atoms with Crippen molar-refractivity contribution in [1.82, 2.24) is 4.98 Å². The highest BCUT2D eigenvalue weighted by Crippen LogP contribution is 2.36. The van der Waals surface area contributed by atoms with E-state index in [0.717, 1.165) is 21.1 Å². The van der Waals surface area contributed by atoms with Crippen LogP contribution in [0.1, 0.15) is 5.56 Å². The van der Waals surface area contributed by atoms with Crippen molar-refractivity contribution in [3.63, 3.8) is 0 Å². The molecule has 0 aliphatic carbocycles. The molecule has 0 radical (unpaired) electrons. The van der Waals surface area contributed by atoms with E-state index in [0.29, 0.717) is 22.5 Å². The van der Waals surface area contributed by atoms with E-state index in [2.05, 4.69) is 20.9 Å². The first-order valence-electron chi connectivity index (χ1n) is 6.60. The molecule has 0 bridgehead atoms. The van der Waals surface area contributed by atoms with Crippen LogP contribution in [0.5, 0.6) is 11.5 Å². The Bertz CT molecular complexity index is 770. The van der Waals surface area contributed by atoms with Crippen LogP contribution >= 0.6 is 27.7 Å². The maximum Gasteiger partial charge on any atom is 0.257 e. The number of fused-ring (bicyclic) bond motifs is 1. The molecule has 1 heterocycles. The lowest BCUT2D eigenvalue weighted by molar-refractivity contribution is 0.354. The van der Waals surface area contributed by atoms with Gasteiger partial charge in [0.2, 0.25) is 0 Å². The van der Waals surface area contributed by atoms with Gasteiger partial charge in [-0.25, -0.2) is 4.98 Å². The quantitative estimate of drug-likeness (QED) is 0.589. The van der Waals surface area contributed by atoms with Crippen LogP contribution in [-0.4, -0.2) is 19.2 Å². The zero-order valence-electron chi connectivity index (χ0n) is 12.1. The van der Waals surface area contributed by atoms with E-state index >= 15 is 0 Å². The molecule has 0 atom stereocenters. The van der Waals surface area contributed by atoms with Crippen LogP contribution in [0.25, 0.3) is 11.1 Å². The minimum atomic E-state index is 0.655. The Labute approximate surface area is 140 Å². The SMILES string of the molecule is COc1cc(Br)c(CSc2nc3ccccc3o2)cc1OC. The van der Waals surface area contributed by atoms with Gasteiger partial charge in [-0.3, -0.25) is 0 Å². The van der Waals surface area contributed by atoms with Gasteiger partial charge >= 0.3 is 0 Å². The first kappa shape index (κ1) is 15.2. The van der Waals surface area contributed by atoms with Crippen molar-refractivity contribution in [3.05, 3.63) is 46.4 Å². The monoisotopic (exact) mass is 379 g/mol. The van der Waals surface area contributed by atoms with Gasteiger partial charge in [-0.1, -0.05) is 39.8 Å². The van der Waals surface area contributed by atoms with Gasteiger partial charge in [-0.2, -0.15) is 0 Å². The molecular formula is C16H14BrNO3S. The number of oxazole rings is 1. The largest absolute Gasteiger partial charge is 0.493 e. The lowest BCUT2D eigenvalue weighted by Crippen LogP contribution is -1.93. The first-order chi connectivity index (χ1) is 10.7. The lowest BCUT2D eigenvalue weighted by atomic mass is 10.2. The first-order valence-corrected chi connectivity index (χ1v) is 8.38. The summed E-state index contributed by atoms with van der Waals surface area (Å²) in [5.74, 6) is 2.12. The molecule has 0 spiro atoms. The fraction of sp³-hybridized carbons (Fsp3) is 0.188. The smallest absolute Gasteiger partial charge is 0.257 e. The molecule has 1 aromatic heterocycles. The standard InChI is InChI=1S/C16H14BrNO3S/c1-19-14-7-10(11(17)8-15(14)20-2)9-22-16-18-12-5-3-4-6-13(12)21-16/h3-8H,9H2,1-2H3. The molecule has 6 heteroatoms. The number of rotatable bonds is 5. The maximum absolute atomic E-state index is 5.71. The van der Waals surface area contributed by atoms with Gasteiger partial charge in [0, 0.05) is 10.2 Å². The van der Waals surface area contributed by atoms with Crippen molar-refractivity contribution in [3.8, 4) is 11.5 Å². The summed E-state index contributed by atoms with van der Waals surface area (Å²) in [7, 11) is 3.25. The molecule has 0 fully saturated rings. The fourth-order valence-corrected chi connectivity index (χ4v) is 3.54. The number of para-hydroxylation sites is 2. The molecule has 4 nitrogen and oxygen atoms in total. The van der Waals surface area contributed by atoms with E-state index in [1.807, 2.05) is 36.4 Å². The zero-order valence-corrected chi connectivity index (χ0v) is 14.5. The molecule has 0 unspecified atom stereocenters. The summed E-state index contributed by atoms with van der Waals surface area (Å²) < 4.78 is 17.3. The van der Waals surface area contributed by atoms with Gasteiger partial charge in [0.25, 0.3) is 5.22 Å². The van der Waals surface area contributed by atoms with Crippen LogP contribution in [0, 0.1) is 0 Å². The summed E-state index contributed by atoms with van der Waals surface area (Å²) in [5, 5.41) is 0.655. The second-order valence-electron chi connectivity index (χ2n) is 4.53. The fourth-order valence-electron chi connectivity index (χ4n) is 2.06. The second kappa shape index (κ2) is 6.62. The molecule has 22 heavy (non-hydrogen) atoms. The number of aromatic nitrogens is 1. The molecule has 0 N–H and O–H groups in total. The van der Waals surface area contributed by atoms with Crippen LogP contribution in [0.4, 0.5) is 0 Å². The number of thioether (sulfide) groups is 1. The van der Waals surface area contributed by atoms with Gasteiger partial charge < -0.3 is 13.9 Å². The van der Waals surface area contributed by atoms with Crippen molar-refractivity contribution in [2.45, 2.75) is 11.0 Å². The highest BCUT2D eigenvalue weighted by molar-refractivity contribution is 9.10. The number of halogens is 1. The number of nitrogens with zero attached hydrogens (tertiary/aromatic N) is 1. The third-order valence-electron chi connectivity index (χ3n) is 3.18. The Hall–Kier alpha value is -1.66. The third-order valence-corrected chi connectivity index (χ3v) is 4.79. The molecule has 3 aromatic rings. The van der Waals surface area contributed by atoms with Crippen LogP contribution in [0.3, 0.4) is 0 Å². The topological polar surface area (TPSA) is 44.5 Å². The number of hydrogen-bond donors (Lipinski definition) is 0. The van der Waals surface area contributed by atoms with Crippen LogP contribution in [-0.2, 0) is 5.75 Å². The Morgan fingerprint density at radius 2 is 1.86 bits per heavy atom. The van der Waals surface area contributed by atoms with Gasteiger partial charge in [0.15, 0.2) is 17.1 Å². The van der Waals surface area contributed by atoms with Crippen molar-refractivity contribution in [2.24, 2.45) is 0 Å². The molecule has 0 saturated carbocycles. The van der Waals surface area contributed by atoms with E-state index in [9.17, 15) is 0 Å². The van der Waals surface area contributed by atoms with Gasteiger partial charge in [0.1, 0.15) is 5.52 Å². The molecular weight excluding hydrogens is 366 g/mol. The van der Waals surface area contributed by atoms with Crippen LogP contribution in [0.2, 0.25) is 0 Å². The maximum atomic E-state index is 5.71. The Kier molecular flexibility index (Phi) is 4.59. The molecule has 0 saturated heterocycles. The average molecular weight is 380 g/mol. The predicted octanol–water partition coefficient (Wildman–Crippen LogP) is 4.90. The molecule has 0 amide bonds. The minimum absolute atomic E-state index is 0.655. The van der Waals surface area contributed by atoms with Crippen molar-refractivity contribution in [2.75, 3.05) is 14.2 Å². The molecule has 0 aliphatic heterocycles. The van der Waals surface area contributed by atoms with Crippen LogP contribution in [0.15, 0.2) is 50.5 Å². The summed E-state index contributed by atoms with van der Waals surface area (Å²) in [6.07, 6.45) is 0. The van der Waals surface area contributed by atoms with Gasteiger partial charge in [0.05, 0.1) is 14.2 Å². The van der Waals surface area contributed by atoms with Crippen molar-refractivity contribution < 1.29 is 13.9 Å². The van der Waals surface area contributed by atoms with Crippen molar-refractivity contribution >= 4 is 38.8 Å². The van der Waals surface area contributed by atoms with E-state index in [1.54, 1.807) is 26.0 Å². The third kappa shape index (κ3) is 3.08. The number of hydrogen-bond acceptors (Lipinski definition) is 5. The Balaban J connectivity index is 1.81. The van der Waals surface area contributed by atoms with E-state index in [1.165, 1.54) is 0 Å². The highest BCUT2D eigenvalue weighted by Gasteiger charge is 2.12. The normalized spacial score (nSPS) is 10.9. The summed E-state index contributed by atoms with van der Waals surface area (Å²) in [6, 6.07) is 11.6. The predicted molar refractivity (Wildman–Crippen MR) is 90.8 cm³/mol. The Morgan fingerprint density at radius 3 is 2.59 bits per heavy atom. The lowest BCUT2D eigenvalue weighted by Gasteiger charge is -2.11. The second-order valence-corrected chi connectivity index (χ2v) is 6.32. The molecule has 3 rings (SSSR count). The molecule has 114 valence electrons. The molecule has 0 aliphatic rings. The molecule has 2 aromatic carbocycles. The number of methoxy groups -OCH3 is 2. The summed E-state index contributed by atoms with van der Waals surface area (Å²) >= 11 is 5.10. The van der Waals surface area contributed by atoms with E-state index < -0.39 is 0 Å². The summed E-state index contributed by atoms with van der Waals surface area (Å²) in [6.45, 7) is 0. The minimum Gasteiger partial charge on any atom is -0.493 e. The van der Waals surface area contributed by atoms with Gasteiger partial charge in [-0.15, -0.1) is 0 Å². The summed E-state index contributed by atoms with van der Waals surface area (Å²) in [5.41, 5.74) is 2.76. The Morgan fingerprint density at radius 1 is 1.14 bits per heavy atom. The highest BCUT2D eigenvalue weighted by atomic mass is 79.9. The number of ether oxygens (including phenoxy) is 2. The number of benzene rings is 2. The van der Waals surface area contributed by atoms with E-state index in [4.69, 9.17) is 13.9 Å². The van der Waals surface area contributed by atoms with Crippen LogP contribution < -0.4 is 9.47 Å². The average Bonchev–Trinajstić information content (AvgIpc) is 2.96. The zero-order chi connectivity index (χ0) is 15.5. The van der Waals surface area contributed by atoms with Gasteiger partial charge in [-0.05, 0) is 29.8 Å². The van der Waals surface area contributed by atoms with E-state index in [-0.39, 0.29) is 0 Å². The van der Waals surface area contributed by atoms with Crippen molar-refractivity contribution in [1.29, 1.82) is 0 Å².